The van der Waals surface area contributed by atoms with Gasteiger partial charge in [-0.25, -0.2) is 0 Å². The average molecular weight is 444 g/mol. The lowest BCUT2D eigenvalue weighted by Crippen LogP contribution is -2.28. The van der Waals surface area contributed by atoms with Gasteiger partial charge in [-0.1, -0.05) is 0 Å². The zero-order valence-electron chi connectivity index (χ0n) is 18.1. The van der Waals surface area contributed by atoms with Gasteiger partial charge in [0, 0.05) is 56.8 Å². The van der Waals surface area contributed by atoms with Crippen LogP contribution in [-0.2, 0) is 0 Å². The molecule has 0 amide bonds. The van der Waals surface area contributed by atoms with E-state index in [-0.39, 0.29) is 12.2 Å². The molecule has 0 spiro atoms. The molecule has 2 saturated heterocycles. The molecule has 10 heteroatoms. The second kappa shape index (κ2) is 8.53. The first-order chi connectivity index (χ1) is 16.3. The fraction of sp³-hybridized carbons (Fsp3) is 0.348. The summed E-state index contributed by atoms with van der Waals surface area (Å²) in [5.41, 5.74) is 0. The minimum absolute atomic E-state index is 0.104. The first-order valence-electron chi connectivity index (χ1n) is 11.2. The van der Waals surface area contributed by atoms with Gasteiger partial charge in [0.1, 0.15) is 41.7 Å². The molecular weight excluding hydrogens is 420 g/mol. The van der Waals surface area contributed by atoms with E-state index in [1.54, 1.807) is 35.6 Å². The molecule has 33 heavy (non-hydrogen) atoms. The van der Waals surface area contributed by atoms with Crippen molar-refractivity contribution in [1.29, 1.82) is 0 Å². The quantitative estimate of drug-likeness (QED) is 0.444. The lowest BCUT2D eigenvalue weighted by Gasteiger charge is -2.23. The summed E-state index contributed by atoms with van der Waals surface area (Å²) in [4.78, 5) is 21.8. The summed E-state index contributed by atoms with van der Waals surface area (Å²) in [6, 6.07) is 9.66. The molecule has 168 valence electrons. The Balaban J connectivity index is 1.19. The van der Waals surface area contributed by atoms with Crippen molar-refractivity contribution < 1.29 is 9.47 Å². The molecule has 0 unspecified atom stereocenters. The van der Waals surface area contributed by atoms with Crippen molar-refractivity contribution in [1.82, 2.24) is 29.5 Å². The summed E-state index contributed by atoms with van der Waals surface area (Å²) in [6.45, 7) is 3.30. The van der Waals surface area contributed by atoms with Gasteiger partial charge in [-0.2, -0.15) is 19.6 Å². The molecular formula is C23H24N8O2. The van der Waals surface area contributed by atoms with E-state index in [1.165, 1.54) is 0 Å². The van der Waals surface area contributed by atoms with E-state index >= 15 is 0 Å². The Labute approximate surface area is 190 Å². The van der Waals surface area contributed by atoms with Gasteiger partial charge in [0.05, 0.1) is 13.1 Å². The highest BCUT2D eigenvalue weighted by atomic mass is 16.5. The molecule has 6 heterocycles. The Hall–Kier alpha value is -3.95. The number of fused-ring (bicyclic) bond motifs is 1. The monoisotopic (exact) mass is 444 g/mol. The largest absolute Gasteiger partial charge is 0.488 e. The highest BCUT2D eigenvalue weighted by molar-refractivity contribution is 5.57. The Morgan fingerprint density at radius 1 is 0.788 bits per heavy atom. The third kappa shape index (κ3) is 4.11. The normalized spacial score (nSPS) is 20.5. The van der Waals surface area contributed by atoms with Crippen molar-refractivity contribution in [3.05, 3.63) is 61.4 Å². The average Bonchev–Trinajstić information content (AvgIpc) is 3.61. The van der Waals surface area contributed by atoms with Crippen LogP contribution in [0.25, 0.3) is 5.78 Å². The first kappa shape index (κ1) is 19.7. The Morgan fingerprint density at radius 2 is 1.39 bits per heavy atom. The van der Waals surface area contributed by atoms with Gasteiger partial charge in [0.25, 0.3) is 5.78 Å². The fourth-order valence-electron chi connectivity index (χ4n) is 4.46. The van der Waals surface area contributed by atoms with Crippen LogP contribution < -0.4 is 19.3 Å². The second-order valence-corrected chi connectivity index (χ2v) is 8.26. The van der Waals surface area contributed by atoms with Gasteiger partial charge >= 0.3 is 0 Å². The molecule has 4 aromatic rings. The Bertz CT molecular complexity index is 1220. The zero-order valence-corrected chi connectivity index (χ0v) is 18.1. The lowest BCUT2D eigenvalue weighted by atomic mass is 10.3. The molecule has 2 fully saturated rings. The molecule has 0 aromatic carbocycles. The van der Waals surface area contributed by atoms with Gasteiger partial charge in [-0.3, -0.25) is 9.97 Å². The minimum atomic E-state index is 0.104. The third-order valence-corrected chi connectivity index (χ3v) is 6.06. The number of hydrogen-bond acceptors (Lipinski definition) is 9. The number of hydrogen-bond donors (Lipinski definition) is 0. The maximum absolute atomic E-state index is 6.15. The number of pyridine rings is 2. The van der Waals surface area contributed by atoms with Gasteiger partial charge in [0.15, 0.2) is 0 Å². The third-order valence-electron chi connectivity index (χ3n) is 6.06. The van der Waals surface area contributed by atoms with E-state index < -0.39 is 0 Å². The lowest BCUT2D eigenvalue weighted by molar-refractivity contribution is 0.224. The van der Waals surface area contributed by atoms with E-state index in [1.807, 2.05) is 24.3 Å². The van der Waals surface area contributed by atoms with Gasteiger partial charge in [0.2, 0.25) is 0 Å². The van der Waals surface area contributed by atoms with Crippen LogP contribution in [0.4, 0.5) is 11.6 Å². The van der Waals surface area contributed by atoms with Gasteiger partial charge < -0.3 is 19.3 Å². The van der Waals surface area contributed by atoms with Crippen molar-refractivity contribution in [3.63, 3.8) is 0 Å². The van der Waals surface area contributed by atoms with Gasteiger partial charge in [-0.05, 0) is 24.3 Å². The van der Waals surface area contributed by atoms with Crippen LogP contribution in [0.3, 0.4) is 0 Å². The minimum Gasteiger partial charge on any atom is -0.488 e. The summed E-state index contributed by atoms with van der Waals surface area (Å²) >= 11 is 0. The van der Waals surface area contributed by atoms with Crippen LogP contribution in [0.5, 0.6) is 11.5 Å². The summed E-state index contributed by atoms with van der Waals surface area (Å²) in [5.74, 6) is 4.15. The molecule has 10 nitrogen and oxygen atoms in total. The topological polar surface area (TPSA) is 93.8 Å². The smallest absolute Gasteiger partial charge is 0.256 e. The highest BCUT2D eigenvalue weighted by Crippen LogP contribution is 2.29. The van der Waals surface area contributed by atoms with Crippen LogP contribution >= 0.6 is 0 Å². The zero-order chi connectivity index (χ0) is 22.0. The molecule has 4 aromatic heterocycles. The van der Waals surface area contributed by atoms with Crippen molar-refractivity contribution in [2.45, 2.75) is 25.0 Å². The number of rotatable bonds is 6. The molecule has 0 radical (unpaired) electrons. The molecule has 0 bridgehead atoms. The van der Waals surface area contributed by atoms with Crippen molar-refractivity contribution in [2.24, 2.45) is 0 Å². The van der Waals surface area contributed by atoms with Crippen LogP contribution in [0, 0.1) is 0 Å². The van der Waals surface area contributed by atoms with E-state index in [2.05, 4.69) is 35.9 Å². The summed E-state index contributed by atoms with van der Waals surface area (Å²) in [5, 5.41) is 4.41. The van der Waals surface area contributed by atoms with Crippen LogP contribution in [-0.4, -0.2) is 67.9 Å². The molecule has 2 aliphatic heterocycles. The van der Waals surface area contributed by atoms with E-state index in [0.717, 1.165) is 62.2 Å². The molecule has 2 atom stereocenters. The standard InChI is InChI=1S/C23H24N8O2/c1-7-24-8-2-17(1)32-19-5-11-29(14-19)21-13-22(31-23(28-21)26-16-27-31)30-12-6-20(15-30)33-18-3-9-25-10-4-18/h1-4,7-10,13,16,19-20H,5-6,11-12,14-15H2/t19-,20-/m0/s1. The highest BCUT2D eigenvalue weighted by Gasteiger charge is 2.30. The number of ether oxygens (including phenoxy) is 2. The van der Waals surface area contributed by atoms with Crippen LogP contribution in [0.2, 0.25) is 0 Å². The van der Waals surface area contributed by atoms with Crippen molar-refractivity contribution in [3.8, 4) is 11.5 Å². The summed E-state index contributed by atoms with van der Waals surface area (Å²) < 4.78 is 14.1. The summed E-state index contributed by atoms with van der Waals surface area (Å²) in [6.07, 6.45) is 10.6. The number of aromatic nitrogens is 6. The summed E-state index contributed by atoms with van der Waals surface area (Å²) in [7, 11) is 0. The molecule has 0 N–H and O–H groups in total. The fourth-order valence-corrected chi connectivity index (χ4v) is 4.46. The predicted molar refractivity (Wildman–Crippen MR) is 122 cm³/mol. The molecule has 0 aliphatic carbocycles. The van der Waals surface area contributed by atoms with Crippen LogP contribution in [0.15, 0.2) is 61.4 Å². The molecule has 6 rings (SSSR count). The first-order valence-corrected chi connectivity index (χ1v) is 11.2. The number of nitrogens with zero attached hydrogens (tertiary/aromatic N) is 8. The van der Waals surface area contributed by atoms with Crippen molar-refractivity contribution >= 4 is 17.4 Å². The molecule has 0 saturated carbocycles. The van der Waals surface area contributed by atoms with Gasteiger partial charge in [-0.15, -0.1) is 0 Å². The second-order valence-electron chi connectivity index (χ2n) is 8.26. The molecule has 2 aliphatic rings. The van der Waals surface area contributed by atoms with E-state index in [0.29, 0.717) is 5.78 Å². The van der Waals surface area contributed by atoms with E-state index in [4.69, 9.17) is 14.5 Å². The Kier molecular flexibility index (Phi) is 5.10. The number of anilines is 2. The Morgan fingerprint density at radius 3 is 2.06 bits per heavy atom. The van der Waals surface area contributed by atoms with Crippen molar-refractivity contribution in [2.75, 3.05) is 36.0 Å². The SMILES string of the molecule is c1cc(O[C@H]2CCN(c3cc(N4CC[C@H](Oc5ccncc5)C4)n4ncnc4n3)C2)ccn1. The van der Waals surface area contributed by atoms with E-state index in [9.17, 15) is 0 Å². The maximum Gasteiger partial charge on any atom is 0.256 e. The van der Waals surface area contributed by atoms with Crippen LogP contribution in [0.1, 0.15) is 12.8 Å². The maximum atomic E-state index is 6.15. The predicted octanol–water partition coefficient (Wildman–Crippen LogP) is 2.23.